The van der Waals surface area contributed by atoms with Crippen LogP contribution in [0.1, 0.15) is 35.9 Å². The van der Waals surface area contributed by atoms with Crippen molar-refractivity contribution in [3.63, 3.8) is 0 Å². The van der Waals surface area contributed by atoms with Gasteiger partial charge in [0.2, 0.25) is 0 Å². The van der Waals surface area contributed by atoms with Crippen molar-refractivity contribution < 1.29 is 22.0 Å². The van der Waals surface area contributed by atoms with Gasteiger partial charge in [-0.3, -0.25) is 0 Å². The van der Waals surface area contributed by atoms with Gasteiger partial charge in [0.1, 0.15) is 11.2 Å². The molecule has 0 radical (unpaired) electrons. The van der Waals surface area contributed by atoms with Crippen molar-refractivity contribution in [3.8, 4) is 0 Å². The zero-order valence-electron chi connectivity index (χ0n) is 21.0. The van der Waals surface area contributed by atoms with Gasteiger partial charge in [-0.25, -0.2) is 0 Å². The lowest BCUT2D eigenvalue weighted by molar-refractivity contribution is 0.00578. The number of furan rings is 1. The second-order valence-corrected chi connectivity index (χ2v) is 7.62. The summed E-state index contributed by atoms with van der Waals surface area (Å²) in [5.41, 5.74) is 0.0108. The van der Waals surface area contributed by atoms with Crippen LogP contribution in [0.4, 0.5) is 0 Å². The Morgan fingerprint density at radius 1 is 0.885 bits per heavy atom. The van der Waals surface area contributed by atoms with Crippen molar-refractivity contribution in [2.75, 3.05) is 0 Å². The van der Waals surface area contributed by atoms with E-state index in [-0.39, 0.29) is 40.5 Å². The molecule has 3 nitrogen and oxygen atoms in total. The van der Waals surface area contributed by atoms with Crippen LogP contribution in [0.25, 0.3) is 32.7 Å². The molecule has 2 heterocycles. The first-order chi connectivity index (χ1) is 14.9. The van der Waals surface area contributed by atoms with Gasteiger partial charge in [-0.15, -0.1) is 0 Å². The Hall–Kier alpha value is -2.30. The summed E-state index contributed by atoms with van der Waals surface area (Å²) in [4.78, 5) is 0. The number of rotatable bonds is 1. The average molecular weight is 350 g/mol. The number of fused-ring (bicyclic) bond motifs is 5. The molecule has 26 heavy (non-hydrogen) atoms. The smallest absolute Gasteiger partial charge is 0.456 e. The summed E-state index contributed by atoms with van der Waals surface area (Å²) in [5.74, 6) is 0. The molecule has 1 aliphatic heterocycles. The molecule has 1 aromatic heterocycles. The highest BCUT2D eigenvalue weighted by Crippen LogP contribution is 2.38. The minimum Gasteiger partial charge on any atom is -0.456 e. The van der Waals surface area contributed by atoms with Gasteiger partial charge in [-0.1, -0.05) is 48.4 Å². The van der Waals surface area contributed by atoms with E-state index in [9.17, 15) is 0 Å². The molecule has 4 aromatic rings. The van der Waals surface area contributed by atoms with E-state index in [0.29, 0.717) is 21.8 Å². The van der Waals surface area contributed by atoms with E-state index < -0.39 is 30.4 Å². The molecule has 0 spiro atoms. The molecule has 0 amide bonds. The largest absolute Gasteiger partial charge is 0.498 e. The fraction of sp³-hybridized carbons (Fsp3) is 0.273. The van der Waals surface area contributed by atoms with Crippen LogP contribution < -0.4 is 5.46 Å². The lowest BCUT2D eigenvalue weighted by Gasteiger charge is -2.32. The van der Waals surface area contributed by atoms with Crippen molar-refractivity contribution >= 4 is 45.3 Å². The summed E-state index contributed by atoms with van der Waals surface area (Å²) in [5, 5.41) is 1.16. The Labute approximate surface area is 161 Å². The third-order valence-corrected chi connectivity index (χ3v) is 5.49. The Kier molecular flexibility index (Phi) is 2.12. The van der Waals surface area contributed by atoms with Crippen LogP contribution >= 0.6 is 0 Å². The highest BCUT2D eigenvalue weighted by atomic mass is 16.7. The van der Waals surface area contributed by atoms with Crippen molar-refractivity contribution in [2.24, 2.45) is 0 Å². The summed E-state index contributed by atoms with van der Waals surface area (Å²) in [7, 11) is -0.714. The minimum atomic E-state index is -0.714. The summed E-state index contributed by atoms with van der Waals surface area (Å²) >= 11 is 0. The van der Waals surface area contributed by atoms with Crippen LogP contribution in [0.2, 0.25) is 0 Å². The van der Waals surface area contributed by atoms with Crippen molar-refractivity contribution in [1.82, 2.24) is 0 Å². The quantitative estimate of drug-likeness (QED) is 0.451. The molecule has 0 bridgehead atoms. The first-order valence-electron chi connectivity index (χ1n) is 11.6. The van der Waals surface area contributed by atoms with Gasteiger partial charge in [0.05, 0.1) is 19.4 Å². The van der Waals surface area contributed by atoms with E-state index in [1.807, 2.05) is 33.8 Å². The zero-order valence-corrected chi connectivity index (χ0v) is 15.0. The fourth-order valence-electron chi connectivity index (χ4n) is 3.35. The monoisotopic (exact) mass is 350 g/mol. The Morgan fingerprint density at radius 3 is 2.38 bits per heavy atom. The number of benzene rings is 3. The molecule has 4 heteroatoms. The number of hydrogen-bond acceptors (Lipinski definition) is 3. The second kappa shape index (κ2) is 5.12. The predicted octanol–water partition coefficient (Wildman–Crippen LogP) is 5.04. The lowest BCUT2D eigenvalue weighted by Crippen LogP contribution is -2.41. The number of para-hydroxylation sites is 1. The lowest BCUT2D eigenvalue weighted by atomic mass is 9.78. The molecule has 3 aromatic carbocycles. The van der Waals surface area contributed by atoms with E-state index in [0.717, 1.165) is 0 Å². The van der Waals surface area contributed by atoms with E-state index in [1.54, 1.807) is 12.1 Å². The van der Waals surface area contributed by atoms with Crippen molar-refractivity contribution in [3.05, 3.63) is 54.5 Å². The predicted molar refractivity (Wildman–Crippen MR) is 107 cm³/mol. The molecule has 0 saturated carbocycles. The van der Waals surface area contributed by atoms with Gasteiger partial charge in [-0.05, 0) is 44.5 Å². The van der Waals surface area contributed by atoms with Crippen LogP contribution in [0.3, 0.4) is 0 Å². The number of hydrogen-bond donors (Lipinski definition) is 0. The normalized spacial score (nSPS) is 22.2. The molecule has 1 fully saturated rings. The molecular weight excluding hydrogens is 323 g/mol. The Morgan fingerprint density at radius 2 is 1.62 bits per heavy atom. The minimum absolute atomic E-state index is 0.0113. The van der Waals surface area contributed by atoms with Gasteiger partial charge < -0.3 is 13.7 Å². The van der Waals surface area contributed by atoms with Crippen LogP contribution in [0, 0.1) is 0 Å². The zero-order chi connectivity index (χ0) is 23.3. The third-order valence-electron chi connectivity index (χ3n) is 5.49. The Balaban J connectivity index is 1.92. The highest BCUT2D eigenvalue weighted by molar-refractivity contribution is 6.65. The van der Waals surface area contributed by atoms with Crippen LogP contribution in [-0.2, 0) is 9.31 Å². The van der Waals surface area contributed by atoms with Gasteiger partial charge in [-0.2, -0.15) is 0 Å². The maximum atomic E-state index is 8.50. The van der Waals surface area contributed by atoms with Crippen molar-refractivity contribution in [1.29, 1.82) is 0 Å². The van der Waals surface area contributed by atoms with E-state index >= 15 is 0 Å². The van der Waals surface area contributed by atoms with Crippen LogP contribution in [-0.4, -0.2) is 18.3 Å². The molecular formula is C22H21BO3. The molecule has 5 rings (SSSR count). The molecule has 0 aliphatic carbocycles. The maximum Gasteiger partial charge on any atom is 0.498 e. The molecule has 1 aliphatic rings. The van der Waals surface area contributed by atoms with E-state index in [2.05, 4.69) is 0 Å². The summed E-state index contributed by atoms with van der Waals surface area (Å²) in [6.07, 6.45) is 0. The van der Waals surface area contributed by atoms with Gasteiger partial charge >= 0.3 is 7.12 Å². The average Bonchev–Trinajstić information content (AvgIpc) is 3.21. The SMILES string of the molecule is [2H]c1c([2H])c([2H])c2c(c1[2H])c([2H])c([2H])c1oc3c(B4OC(C)(C)C(C)(C)O4)cccc3c12. The highest BCUT2D eigenvalue weighted by Gasteiger charge is 2.52. The standard InChI is InChI=1S/C22H21BO3/c1-21(2)22(3,4)26-23(25-21)17-11-7-10-16-19-15-9-6-5-8-14(15)12-13-18(19)24-20(16)17/h5-13H,1-4H3/i5D,6D,8D,9D,12D,13D. The third kappa shape index (κ3) is 2.09. The van der Waals surface area contributed by atoms with Gasteiger partial charge in [0.15, 0.2) is 0 Å². The Bertz CT molecular complexity index is 1440. The topological polar surface area (TPSA) is 31.6 Å². The first kappa shape index (κ1) is 10.8. The van der Waals surface area contributed by atoms with Crippen molar-refractivity contribution in [2.45, 2.75) is 38.9 Å². The van der Waals surface area contributed by atoms with Crippen LogP contribution in [0.5, 0.6) is 0 Å². The molecule has 1 saturated heterocycles. The first-order valence-corrected chi connectivity index (χ1v) is 8.57. The second-order valence-electron chi connectivity index (χ2n) is 7.62. The van der Waals surface area contributed by atoms with E-state index in [1.165, 1.54) is 0 Å². The molecule has 0 N–H and O–H groups in total. The molecule has 0 unspecified atom stereocenters. The molecule has 130 valence electrons. The summed E-state index contributed by atoms with van der Waals surface area (Å²) in [6, 6.07) is 3.45. The maximum absolute atomic E-state index is 8.50. The van der Waals surface area contributed by atoms with E-state index in [4.69, 9.17) is 22.0 Å². The summed E-state index contributed by atoms with van der Waals surface area (Å²) < 4.78 is 68.3. The molecule has 0 atom stereocenters. The van der Waals surface area contributed by atoms with Crippen LogP contribution in [0.15, 0.2) is 58.9 Å². The fourth-order valence-corrected chi connectivity index (χ4v) is 3.35. The summed E-state index contributed by atoms with van der Waals surface area (Å²) in [6.45, 7) is 7.79. The van der Waals surface area contributed by atoms with Gasteiger partial charge in [0.25, 0.3) is 0 Å². The van der Waals surface area contributed by atoms with Gasteiger partial charge in [0, 0.05) is 16.2 Å².